The summed E-state index contributed by atoms with van der Waals surface area (Å²) >= 11 is 0. The lowest BCUT2D eigenvalue weighted by Crippen LogP contribution is -2.38. The molecule has 2 rings (SSSR count). The second kappa shape index (κ2) is 7.60. The fourth-order valence-electron chi connectivity index (χ4n) is 2.44. The number of benzene rings is 1. The third-order valence-corrected chi connectivity index (χ3v) is 5.06. The predicted octanol–water partition coefficient (Wildman–Crippen LogP) is 1.18. The van der Waals surface area contributed by atoms with Gasteiger partial charge >= 0.3 is 0 Å². The summed E-state index contributed by atoms with van der Waals surface area (Å²) in [7, 11) is -3.40. The lowest BCUT2D eigenvalue weighted by atomic mass is 9.99. The van der Waals surface area contributed by atoms with Crippen molar-refractivity contribution in [2.75, 3.05) is 30.1 Å². The van der Waals surface area contributed by atoms with Crippen molar-refractivity contribution in [1.29, 1.82) is 0 Å². The Labute approximate surface area is 131 Å². The summed E-state index contributed by atoms with van der Waals surface area (Å²) in [6, 6.07) is 6.66. The van der Waals surface area contributed by atoms with E-state index in [9.17, 15) is 13.2 Å². The second-order valence-electron chi connectivity index (χ2n) is 5.47. The first-order valence-corrected chi connectivity index (χ1v) is 9.25. The molecule has 0 radical (unpaired) electrons. The van der Waals surface area contributed by atoms with Crippen molar-refractivity contribution in [2.24, 2.45) is 5.92 Å². The molecule has 1 heterocycles. The quantitative estimate of drug-likeness (QED) is 0.733. The summed E-state index contributed by atoms with van der Waals surface area (Å²) in [5, 5.41) is 6.20. The van der Waals surface area contributed by atoms with Gasteiger partial charge in [0.25, 0.3) is 5.91 Å². The minimum absolute atomic E-state index is 0.0311. The van der Waals surface area contributed by atoms with Crippen molar-refractivity contribution in [2.45, 2.75) is 19.8 Å². The molecule has 1 atom stereocenters. The fraction of sp³-hybridized carbons (Fsp3) is 0.533. The number of sulfonamides is 1. The van der Waals surface area contributed by atoms with Crippen LogP contribution in [0.5, 0.6) is 0 Å². The summed E-state index contributed by atoms with van der Waals surface area (Å²) in [5.74, 6) is 0.147. The van der Waals surface area contributed by atoms with E-state index in [1.165, 1.54) is 0 Å². The molecule has 1 saturated heterocycles. The first-order valence-electron chi connectivity index (χ1n) is 7.60. The zero-order valence-corrected chi connectivity index (χ0v) is 13.6. The zero-order chi connectivity index (χ0) is 16.0. The Hall–Kier alpha value is -1.60. The molecular weight excluding hydrogens is 302 g/mol. The van der Waals surface area contributed by atoms with Gasteiger partial charge in [-0.25, -0.2) is 8.42 Å². The molecule has 22 heavy (non-hydrogen) atoms. The number of hydrogen-bond acceptors (Lipinski definition) is 4. The first kappa shape index (κ1) is 16.8. The maximum Gasteiger partial charge on any atom is 0.253 e. The molecule has 0 bridgehead atoms. The molecule has 0 aromatic heterocycles. The number of piperidine rings is 1. The minimum atomic E-state index is -3.40. The van der Waals surface area contributed by atoms with E-state index in [-0.39, 0.29) is 11.7 Å². The number of carbonyl (C=O) groups is 1. The van der Waals surface area contributed by atoms with Crippen molar-refractivity contribution >= 4 is 21.6 Å². The molecule has 1 aromatic carbocycles. The van der Waals surface area contributed by atoms with E-state index in [0.717, 1.165) is 25.9 Å². The average Bonchev–Trinajstić information content (AvgIpc) is 2.54. The van der Waals surface area contributed by atoms with Crippen LogP contribution in [0.15, 0.2) is 24.3 Å². The van der Waals surface area contributed by atoms with Crippen LogP contribution in [0.2, 0.25) is 0 Å². The van der Waals surface area contributed by atoms with Gasteiger partial charge in [-0.15, -0.1) is 0 Å². The molecule has 1 amide bonds. The largest absolute Gasteiger partial charge is 0.352 e. The molecule has 1 aliphatic heterocycles. The van der Waals surface area contributed by atoms with Gasteiger partial charge in [0.05, 0.1) is 17.0 Å². The zero-order valence-electron chi connectivity index (χ0n) is 12.8. The molecule has 6 nitrogen and oxygen atoms in total. The van der Waals surface area contributed by atoms with E-state index in [4.69, 9.17) is 0 Å². The van der Waals surface area contributed by atoms with Crippen molar-refractivity contribution < 1.29 is 13.2 Å². The van der Waals surface area contributed by atoms with E-state index in [0.29, 0.717) is 23.7 Å². The molecule has 1 unspecified atom stereocenters. The number of anilines is 1. The van der Waals surface area contributed by atoms with Gasteiger partial charge in [-0.2, -0.15) is 0 Å². The number of rotatable bonds is 6. The van der Waals surface area contributed by atoms with Crippen molar-refractivity contribution in [3.05, 3.63) is 29.8 Å². The third kappa shape index (κ3) is 4.71. The Morgan fingerprint density at radius 1 is 1.36 bits per heavy atom. The maximum atomic E-state index is 12.3. The van der Waals surface area contributed by atoms with Gasteiger partial charge in [0.15, 0.2) is 0 Å². The van der Waals surface area contributed by atoms with Crippen molar-refractivity contribution in [3.63, 3.8) is 0 Å². The number of carbonyl (C=O) groups excluding carboxylic acids is 1. The second-order valence-corrected chi connectivity index (χ2v) is 7.48. The Balaban J connectivity index is 2.02. The number of para-hydroxylation sites is 1. The van der Waals surface area contributed by atoms with Gasteiger partial charge in [0, 0.05) is 6.54 Å². The van der Waals surface area contributed by atoms with Gasteiger partial charge in [-0.05, 0) is 50.9 Å². The molecule has 7 heteroatoms. The average molecular weight is 325 g/mol. The summed E-state index contributed by atoms with van der Waals surface area (Å²) in [6.45, 7) is 4.10. The standard InChI is InChI=1S/C15H23N3O3S/c1-2-22(20,21)18-14-8-4-3-7-13(14)15(19)17-11-12-6-5-9-16-10-12/h3-4,7-8,12,16,18H,2,5-6,9-11H2,1H3,(H,17,19). The monoisotopic (exact) mass is 325 g/mol. The smallest absolute Gasteiger partial charge is 0.253 e. The minimum Gasteiger partial charge on any atom is -0.352 e. The SMILES string of the molecule is CCS(=O)(=O)Nc1ccccc1C(=O)NCC1CCCNC1. The highest BCUT2D eigenvalue weighted by molar-refractivity contribution is 7.92. The maximum absolute atomic E-state index is 12.3. The highest BCUT2D eigenvalue weighted by Crippen LogP contribution is 2.17. The predicted molar refractivity (Wildman–Crippen MR) is 87.5 cm³/mol. The van der Waals surface area contributed by atoms with Crippen LogP contribution in [-0.2, 0) is 10.0 Å². The molecule has 3 N–H and O–H groups in total. The van der Waals surface area contributed by atoms with Crippen molar-refractivity contribution in [3.8, 4) is 0 Å². The number of nitrogens with one attached hydrogen (secondary N) is 3. The molecular formula is C15H23N3O3S. The van der Waals surface area contributed by atoms with E-state index < -0.39 is 10.0 Å². The Bertz CT molecular complexity index is 610. The van der Waals surface area contributed by atoms with Crippen LogP contribution in [0.25, 0.3) is 0 Å². The Kier molecular flexibility index (Phi) is 5.79. The van der Waals surface area contributed by atoms with Crippen LogP contribution in [-0.4, -0.2) is 39.7 Å². The number of amides is 1. The molecule has 1 aliphatic rings. The van der Waals surface area contributed by atoms with Crippen LogP contribution >= 0.6 is 0 Å². The fourth-order valence-corrected chi connectivity index (χ4v) is 3.10. The summed E-state index contributed by atoms with van der Waals surface area (Å²) in [5.41, 5.74) is 0.673. The van der Waals surface area contributed by atoms with Crippen LogP contribution < -0.4 is 15.4 Å². The molecule has 1 fully saturated rings. The highest BCUT2D eigenvalue weighted by Gasteiger charge is 2.17. The summed E-state index contributed by atoms with van der Waals surface area (Å²) < 4.78 is 25.8. The molecule has 0 aliphatic carbocycles. The lowest BCUT2D eigenvalue weighted by molar-refractivity contribution is 0.0945. The van der Waals surface area contributed by atoms with Crippen LogP contribution in [0, 0.1) is 5.92 Å². The van der Waals surface area contributed by atoms with Gasteiger partial charge in [-0.3, -0.25) is 9.52 Å². The molecule has 122 valence electrons. The van der Waals surface area contributed by atoms with E-state index in [2.05, 4.69) is 15.4 Å². The molecule has 0 spiro atoms. The van der Waals surface area contributed by atoms with Crippen LogP contribution in [0.3, 0.4) is 0 Å². The lowest BCUT2D eigenvalue weighted by Gasteiger charge is -2.23. The Morgan fingerprint density at radius 3 is 2.82 bits per heavy atom. The normalized spacial score (nSPS) is 18.7. The summed E-state index contributed by atoms with van der Waals surface area (Å²) in [4.78, 5) is 12.3. The third-order valence-electron chi connectivity index (χ3n) is 3.77. The topological polar surface area (TPSA) is 87.3 Å². The first-order chi connectivity index (χ1) is 10.5. The Morgan fingerprint density at radius 2 is 2.14 bits per heavy atom. The van der Waals surface area contributed by atoms with E-state index in [1.54, 1.807) is 31.2 Å². The van der Waals surface area contributed by atoms with E-state index in [1.807, 2.05) is 0 Å². The van der Waals surface area contributed by atoms with Gasteiger partial charge in [0.2, 0.25) is 10.0 Å². The van der Waals surface area contributed by atoms with Gasteiger partial charge < -0.3 is 10.6 Å². The van der Waals surface area contributed by atoms with Crippen LogP contribution in [0.4, 0.5) is 5.69 Å². The van der Waals surface area contributed by atoms with Gasteiger partial charge in [-0.1, -0.05) is 12.1 Å². The molecule has 1 aromatic rings. The summed E-state index contributed by atoms with van der Waals surface area (Å²) in [6.07, 6.45) is 2.21. The molecule has 0 saturated carbocycles. The number of hydrogen-bond donors (Lipinski definition) is 3. The van der Waals surface area contributed by atoms with Gasteiger partial charge in [0.1, 0.15) is 0 Å². The van der Waals surface area contributed by atoms with E-state index >= 15 is 0 Å². The van der Waals surface area contributed by atoms with Crippen LogP contribution in [0.1, 0.15) is 30.1 Å². The van der Waals surface area contributed by atoms with Crippen molar-refractivity contribution in [1.82, 2.24) is 10.6 Å². The highest BCUT2D eigenvalue weighted by atomic mass is 32.2.